The smallest absolute Gasteiger partial charge is 0.256 e. The second-order valence-electron chi connectivity index (χ2n) is 7.84. The van der Waals surface area contributed by atoms with Crippen LogP contribution in [0.15, 0.2) is 53.4 Å². The topological polar surface area (TPSA) is 88.6 Å². The maximum atomic E-state index is 13.2. The van der Waals surface area contributed by atoms with Gasteiger partial charge >= 0.3 is 0 Å². The first-order valence-corrected chi connectivity index (χ1v) is 12.3. The number of nitrogens with one attached hydrogen (secondary N) is 1. The largest absolute Gasteiger partial charge is 0.492 e. The molecule has 2 aromatic carbocycles. The van der Waals surface area contributed by atoms with Crippen molar-refractivity contribution in [2.75, 3.05) is 25.0 Å². The van der Waals surface area contributed by atoms with Crippen LogP contribution >= 0.6 is 0 Å². The molecule has 3 aromatic rings. The number of ether oxygens (including phenoxy) is 1. The number of aryl methyl sites for hydroxylation is 1. The normalized spacial score (nSPS) is 14.9. The molecule has 1 fully saturated rings. The molecule has 168 valence electrons. The van der Waals surface area contributed by atoms with Crippen molar-refractivity contribution >= 4 is 32.5 Å². The molecule has 1 aliphatic heterocycles. The number of aromatic nitrogens is 1. The number of hydrogen-bond acceptors (Lipinski definition) is 5. The molecule has 1 N–H and O–H groups in total. The summed E-state index contributed by atoms with van der Waals surface area (Å²) in [7, 11) is -3.64. The van der Waals surface area contributed by atoms with Crippen molar-refractivity contribution < 1.29 is 17.9 Å². The van der Waals surface area contributed by atoms with Gasteiger partial charge in [0.2, 0.25) is 10.0 Å². The Bertz CT molecular complexity index is 1250. The van der Waals surface area contributed by atoms with Crippen LogP contribution in [0.2, 0.25) is 0 Å². The van der Waals surface area contributed by atoms with E-state index in [1.54, 1.807) is 12.1 Å². The van der Waals surface area contributed by atoms with Crippen LogP contribution in [0.1, 0.15) is 42.2 Å². The highest BCUT2D eigenvalue weighted by molar-refractivity contribution is 7.89. The van der Waals surface area contributed by atoms with Crippen molar-refractivity contribution in [2.45, 2.75) is 38.0 Å². The number of para-hydroxylation sites is 1. The van der Waals surface area contributed by atoms with E-state index in [0.29, 0.717) is 36.7 Å². The number of fused-ring (bicyclic) bond motifs is 1. The first-order chi connectivity index (χ1) is 15.4. The minimum absolute atomic E-state index is 0.147. The number of amides is 1. The zero-order valence-electron chi connectivity index (χ0n) is 18.3. The maximum Gasteiger partial charge on any atom is 0.256 e. The predicted octanol–water partition coefficient (Wildman–Crippen LogP) is 4.37. The number of carbonyl (C=O) groups is 1. The van der Waals surface area contributed by atoms with Crippen LogP contribution in [0.3, 0.4) is 0 Å². The number of pyridine rings is 1. The lowest BCUT2D eigenvalue weighted by atomic mass is 10.1. The highest BCUT2D eigenvalue weighted by atomic mass is 32.2. The molecule has 1 amide bonds. The highest BCUT2D eigenvalue weighted by Gasteiger charge is 2.27. The number of carbonyl (C=O) groups excluding carboxylic acids is 1. The quantitative estimate of drug-likeness (QED) is 0.599. The molecule has 0 atom stereocenters. The van der Waals surface area contributed by atoms with E-state index < -0.39 is 10.0 Å². The summed E-state index contributed by atoms with van der Waals surface area (Å²) in [6.45, 7) is 5.09. The number of benzene rings is 2. The van der Waals surface area contributed by atoms with Gasteiger partial charge < -0.3 is 10.1 Å². The number of anilines is 1. The Kier molecular flexibility index (Phi) is 6.43. The van der Waals surface area contributed by atoms with E-state index in [0.717, 1.165) is 35.9 Å². The first-order valence-electron chi connectivity index (χ1n) is 10.8. The molecule has 1 saturated heterocycles. The molecule has 2 heterocycles. The molecule has 0 spiro atoms. The molecule has 4 rings (SSSR count). The lowest BCUT2D eigenvalue weighted by Crippen LogP contribution is -2.35. The van der Waals surface area contributed by atoms with Gasteiger partial charge in [0.1, 0.15) is 5.75 Å². The van der Waals surface area contributed by atoms with Gasteiger partial charge in [0.25, 0.3) is 5.91 Å². The van der Waals surface area contributed by atoms with Crippen molar-refractivity contribution in [1.29, 1.82) is 0 Å². The highest BCUT2D eigenvalue weighted by Crippen LogP contribution is 2.31. The fraction of sp³-hybridized carbons (Fsp3) is 0.333. The molecule has 32 heavy (non-hydrogen) atoms. The number of hydrogen-bond donors (Lipinski definition) is 1. The van der Waals surface area contributed by atoms with E-state index in [-0.39, 0.29) is 10.8 Å². The SMILES string of the molecule is CCOc1ccc(S(=O)(=O)N2CCCCC2)cc1NC(=O)c1cc(C)nc2ccccc12. The lowest BCUT2D eigenvalue weighted by molar-refractivity contribution is 0.102. The zero-order valence-corrected chi connectivity index (χ0v) is 19.1. The van der Waals surface area contributed by atoms with Crippen LogP contribution in [-0.2, 0) is 10.0 Å². The Balaban J connectivity index is 1.71. The van der Waals surface area contributed by atoms with Gasteiger partial charge in [-0.25, -0.2) is 8.42 Å². The molecule has 8 heteroatoms. The number of rotatable bonds is 6. The van der Waals surface area contributed by atoms with Crippen LogP contribution in [0.25, 0.3) is 10.9 Å². The molecule has 1 aromatic heterocycles. The van der Waals surface area contributed by atoms with Gasteiger partial charge in [-0.05, 0) is 57.0 Å². The molecule has 7 nitrogen and oxygen atoms in total. The van der Waals surface area contributed by atoms with E-state index in [1.165, 1.54) is 16.4 Å². The Labute approximate surface area is 188 Å². The molecule has 0 radical (unpaired) electrons. The number of piperidine rings is 1. The summed E-state index contributed by atoms with van der Waals surface area (Å²) in [6, 6.07) is 13.8. The average molecular weight is 454 g/mol. The molecule has 0 unspecified atom stereocenters. The fourth-order valence-corrected chi connectivity index (χ4v) is 5.53. The van der Waals surface area contributed by atoms with E-state index in [1.807, 2.05) is 38.1 Å². The summed E-state index contributed by atoms with van der Waals surface area (Å²) in [6.07, 6.45) is 2.75. The summed E-state index contributed by atoms with van der Waals surface area (Å²) < 4.78 is 33.5. The summed E-state index contributed by atoms with van der Waals surface area (Å²) in [5.41, 5.74) is 2.25. The standard InChI is InChI=1S/C24H27N3O4S/c1-3-31-23-12-11-18(32(29,30)27-13-7-4-8-14-27)16-22(23)26-24(28)20-15-17(2)25-21-10-6-5-9-19(20)21/h5-6,9-12,15-16H,3-4,7-8,13-14H2,1-2H3,(H,26,28). The number of sulfonamides is 1. The van der Waals surface area contributed by atoms with Gasteiger partial charge in [0.15, 0.2) is 0 Å². The van der Waals surface area contributed by atoms with Gasteiger partial charge in [-0.1, -0.05) is 24.6 Å². The predicted molar refractivity (Wildman–Crippen MR) is 125 cm³/mol. The molecule has 0 bridgehead atoms. The van der Waals surface area contributed by atoms with Crippen molar-refractivity contribution in [1.82, 2.24) is 9.29 Å². The van der Waals surface area contributed by atoms with Gasteiger partial charge in [0.05, 0.1) is 28.3 Å². The summed E-state index contributed by atoms with van der Waals surface area (Å²) in [5.74, 6) is 0.0775. The van der Waals surface area contributed by atoms with E-state index in [2.05, 4.69) is 10.3 Å². The first kappa shape index (κ1) is 22.2. The van der Waals surface area contributed by atoms with Gasteiger partial charge in [-0.2, -0.15) is 4.31 Å². The monoisotopic (exact) mass is 453 g/mol. The van der Waals surface area contributed by atoms with E-state index in [9.17, 15) is 13.2 Å². The van der Waals surface area contributed by atoms with Crippen LogP contribution in [0.5, 0.6) is 5.75 Å². The molecular formula is C24H27N3O4S. The van der Waals surface area contributed by atoms with E-state index >= 15 is 0 Å². The zero-order chi connectivity index (χ0) is 22.7. The van der Waals surface area contributed by atoms with Crippen molar-refractivity contribution in [3.63, 3.8) is 0 Å². The van der Waals surface area contributed by atoms with Crippen LogP contribution in [0.4, 0.5) is 5.69 Å². The van der Waals surface area contributed by atoms with Crippen LogP contribution in [0, 0.1) is 6.92 Å². The van der Waals surface area contributed by atoms with Crippen molar-refractivity contribution in [2.24, 2.45) is 0 Å². The second-order valence-corrected chi connectivity index (χ2v) is 9.78. The van der Waals surface area contributed by atoms with Crippen LogP contribution in [-0.4, -0.2) is 43.3 Å². The van der Waals surface area contributed by atoms with Gasteiger partial charge in [-0.3, -0.25) is 9.78 Å². The third-order valence-corrected chi connectivity index (χ3v) is 7.44. The molecule has 0 aliphatic carbocycles. The van der Waals surface area contributed by atoms with Crippen LogP contribution < -0.4 is 10.1 Å². The summed E-state index contributed by atoms with van der Waals surface area (Å²) in [4.78, 5) is 17.9. The van der Waals surface area contributed by atoms with Gasteiger partial charge in [-0.15, -0.1) is 0 Å². The Morgan fingerprint density at radius 1 is 1.09 bits per heavy atom. The number of nitrogens with zero attached hydrogens (tertiary/aromatic N) is 2. The third kappa shape index (κ3) is 4.47. The Hall–Kier alpha value is -2.97. The molecule has 1 aliphatic rings. The van der Waals surface area contributed by atoms with Gasteiger partial charge in [0, 0.05) is 24.2 Å². The third-order valence-electron chi connectivity index (χ3n) is 5.54. The van der Waals surface area contributed by atoms with Crippen molar-refractivity contribution in [3.05, 3.63) is 59.8 Å². The Morgan fingerprint density at radius 2 is 1.84 bits per heavy atom. The maximum absolute atomic E-state index is 13.2. The minimum Gasteiger partial charge on any atom is -0.492 e. The molecular weight excluding hydrogens is 426 g/mol. The lowest BCUT2D eigenvalue weighted by Gasteiger charge is -2.26. The molecule has 0 saturated carbocycles. The average Bonchev–Trinajstić information content (AvgIpc) is 2.80. The van der Waals surface area contributed by atoms with E-state index in [4.69, 9.17) is 4.74 Å². The summed E-state index contributed by atoms with van der Waals surface area (Å²) in [5, 5.41) is 3.60. The summed E-state index contributed by atoms with van der Waals surface area (Å²) >= 11 is 0. The minimum atomic E-state index is -3.64. The second kappa shape index (κ2) is 9.26. The van der Waals surface area contributed by atoms with Crippen molar-refractivity contribution in [3.8, 4) is 5.75 Å². The fourth-order valence-electron chi connectivity index (χ4n) is 3.99. The Morgan fingerprint density at radius 3 is 2.59 bits per heavy atom.